The number of aryl methyl sites for hydroxylation is 1. The van der Waals surface area contributed by atoms with Crippen LogP contribution in [0, 0.1) is 6.92 Å². The van der Waals surface area contributed by atoms with Gasteiger partial charge in [-0.25, -0.2) is 0 Å². The molecule has 9 rings (SSSR count). The van der Waals surface area contributed by atoms with Crippen molar-refractivity contribution in [2.45, 2.75) is 6.92 Å². The fraction of sp³-hybridized carbons (Fsp3) is 0.0196. The summed E-state index contributed by atoms with van der Waals surface area (Å²) in [5, 5.41) is 5.08. The van der Waals surface area contributed by atoms with Crippen LogP contribution in [0.15, 0.2) is 201 Å². The van der Waals surface area contributed by atoms with Crippen molar-refractivity contribution in [3.8, 4) is 27.9 Å². The second kappa shape index (κ2) is 13.7. The van der Waals surface area contributed by atoms with Crippen molar-refractivity contribution < 1.29 is 0 Å². The van der Waals surface area contributed by atoms with E-state index >= 15 is 0 Å². The first kappa shape index (κ1) is 32.0. The molecule has 0 atom stereocenters. The molecule has 0 aliphatic rings. The first-order valence-corrected chi connectivity index (χ1v) is 18.1. The molecule has 2 heteroatoms. The zero-order chi connectivity index (χ0) is 35.7. The van der Waals surface area contributed by atoms with Crippen LogP contribution in [0.3, 0.4) is 0 Å². The smallest absolute Gasteiger partial charge is 0.0547 e. The predicted molar refractivity (Wildman–Crippen MR) is 228 cm³/mol. The molecule has 0 aliphatic heterocycles. The van der Waals surface area contributed by atoms with Crippen molar-refractivity contribution in [1.29, 1.82) is 0 Å². The van der Waals surface area contributed by atoms with Crippen molar-refractivity contribution in [3.05, 3.63) is 212 Å². The Morgan fingerprint density at radius 3 is 1.94 bits per heavy atom. The third kappa shape index (κ3) is 5.71. The summed E-state index contributed by atoms with van der Waals surface area (Å²) in [6.45, 7) is 6.05. The van der Waals surface area contributed by atoms with Gasteiger partial charge in [0, 0.05) is 33.4 Å². The van der Waals surface area contributed by atoms with Gasteiger partial charge in [0.2, 0.25) is 0 Å². The molecule has 0 bridgehead atoms. The lowest BCUT2D eigenvalue weighted by molar-refractivity contribution is 1.17. The number of allylic oxidation sites excluding steroid dienone is 2. The van der Waals surface area contributed by atoms with Crippen LogP contribution < -0.4 is 4.90 Å². The number of hydrogen-bond acceptors (Lipinski definition) is 1. The van der Waals surface area contributed by atoms with Crippen LogP contribution in [0.5, 0.6) is 0 Å². The summed E-state index contributed by atoms with van der Waals surface area (Å²) in [5.41, 5.74) is 14.0. The van der Waals surface area contributed by atoms with Crippen LogP contribution >= 0.6 is 0 Å². The van der Waals surface area contributed by atoms with Gasteiger partial charge in [-0.1, -0.05) is 152 Å². The molecule has 0 spiro atoms. The molecule has 8 aromatic carbocycles. The van der Waals surface area contributed by atoms with Crippen molar-refractivity contribution in [2.75, 3.05) is 4.90 Å². The quantitative estimate of drug-likeness (QED) is 0.145. The summed E-state index contributed by atoms with van der Waals surface area (Å²) in [7, 11) is 0. The van der Waals surface area contributed by atoms with Crippen molar-refractivity contribution in [3.63, 3.8) is 0 Å². The van der Waals surface area contributed by atoms with E-state index in [0.717, 1.165) is 22.7 Å². The SMILES string of the molecule is C=C/C=C\c1c(C)cccc1-c1ccc(N(c2ccc(-n3c4ccccc4c4c5ccccc5ccc43)cc2)c2ccccc2-c2ccccc2)cc1. The molecule has 0 N–H and O–H groups in total. The third-order valence-electron chi connectivity index (χ3n) is 10.3. The molecule has 0 fully saturated rings. The Bertz CT molecular complexity index is 2790. The number of rotatable bonds is 8. The Labute approximate surface area is 310 Å². The molecule has 0 saturated heterocycles. The first-order valence-electron chi connectivity index (χ1n) is 18.1. The van der Waals surface area contributed by atoms with E-state index in [-0.39, 0.29) is 0 Å². The molecule has 0 unspecified atom stereocenters. The maximum Gasteiger partial charge on any atom is 0.0547 e. The minimum absolute atomic E-state index is 1.08. The van der Waals surface area contributed by atoms with Crippen LogP contribution in [0.2, 0.25) is 0 Å². The molecule has 9 aromatic rings. The minimum atomic E-state index is 1.08. The van der Waals surface area contributed by atoms with Crippen molar-refractivity contribution in [1.82, 2.24) is 4.57 Å². The van der Waals surface area contributed by atoms with E-state index in [2.05, 4.69) is 211 Å². The maximum absolute atomic E-state index is 3.89. The molecule has 1 heterocycles. The fourth-order valence-electron chi connectivity index (χ4n) is 7.83. The van der Waals surface area contributed by atoms with Crippen LogP contribution in [-0.4, -0.2) is 4.57 Å². The Morgan fingerprint density at radius 2 is 1.15 bits per heavy atom. The Hall–Kier alpha value is -6.90. The number of fused-ring (bicyclic) bond motifs is 5. The highest BCUT2D eigenvalue weighted by molar-refractivity contribution is 6.21. The number of anilines is 3. The van der Waals surface area contributed by atoms with E-state index in [0.29, 0.717) is 0 Å². The average Bonchev–Trinajstić information content (AvgIpc) is 3.56. The van der Waals surface area contributed by atoms with Gasteiger partial charge in [0.25, 0.3) is 0 Å². The molecule has 53 heavy (non-hydrogen) atoms. The van der Waals surface area contributed by atoms with Gasteiger partial charge >= 0.3 is 0 Å². The first-order chi connectivity index (χ1) is 26.2. The van der Waals surface area contributed by atoms with Gasteiger partial charge in [0.15, 0.2) is 0 Å². The van der Waals surface area contributed by atoms with Crippen LogP contribution in [0.25, 0.3) is 66.6 Å². The molecule has 0 aliphatic carbocycles. The van der Waals surface area contributed by atoms with Gasteiger partial charge in [-0.3, -0.25) is 0 Å². The Balaban J connectivity index is 1.19. The minimum Gasteiger partial charge on any atom is -0.310 e. The van der Waals surface area contributed by atoms with Gasteiger partial charge in [-0.15, -0.1) is 0 Å². The molecule has 1 aromatic heterocycles. The van der Waals surface area contributed by atoms with E-state index in [1.807, 2.05) is 12.2 Å². The number of aromatic nitrogens is 1. The van der Waals surface area contributed by atoms with E-state index in [9.17, 15) is 0 Å². The molecular weight excluding hydrogens is 641 g/mol. The van der Waals surface area contributed by atoms with Crippen LogP contribution in [0.4, 0.5) is 17.1 Å². The van der Waals surface area contributed by atoms with E-state index < -0.39 is 0 Å². The van der Waals surface area contributed by atoms with Gasteiger partial charge in [-0.05, 0) is 100 Å². The normalized spacial score (nSPS) is 11.5. The predicted octanol–water partition coefficient (Wildman–Crippen LogP) is 14.2. The topological polar surface area (TPSA) is 8.17 Å². The van der Waals surface area contributed by atoms with Gasteiger partial charge in [-0.2, -0.15) is 0 Å². The summed E-state index contributed by atoms with van der Waals surface area (Å²) in [6.07, 6.45) is 5.98. The Morgan fingerprint density at radius 1 is 0.509 bits per heavy atom. The number of nitrogens with zero attached hydrogens (tertiary/aromatic N) is 2. The highest BCUT2D eigenvalue weighted by atomic mass is 15.1. The molecule has 0 radical (unpaired) electrons. The number of para-hydroxylation sites is 2. The van der Waals surface area contributed by atoms with Crippen molar-refractivity contribution >= 4 is 55.7 Å². The van der Waals surface area contributed by atoms with Gasteiger partial charge in [0.05, 0.1) is 16.7 Å². The summed E-state index contributed by atoms with van der Waals surface area (Å²) in [6, 6.07) is 65.8. The lowest BCUT2D eigenvalue weighted by Crippen LogP contribution is -2.11. The highest BCUT2D eigenvalue weighted by Gasteiger charge is 2.19. The summed E-state index contributed by atoms with van der Waals surface area (Å²) in [5.74, 6) is 0. The molecular formula is C51H38N2. The highest BCUT2D eigenvalue weighted by Crippen LogP contribution is 2.43. The standard InChI is InChI=1S/C51H38N2/c1-3-4-19-43-36(2)15-14-23-44(43)39-26-29-40(30-27-39)52(48-24-12-10-20-45(48)37-16-6-5-7-17-37)41-31-33-42(34-32-41)53-49-25-13-11-22-47(49)51-46-21-9-8-18-38(46)28-35-50(51)53/h3-35H,1H2,2H3/b19-4-. The summed E-state index contributed by atoms with van der Waals surface area (Å²) >= 11 is 0. The van der Waals surface area contributed by atoms with Gasteiger partial charge < -0.3 is 9.47 Å². The second-order valence-electron chi connectivity index (χ2n) is 13.4. The zero-order valence-electron chi connectivity index (χ0n) is 29.7. The molecule has 0 amide bonds. The second-order valence-corrected chi connectivity index (χ2v) is 13.4. The molecule has 252 valence electrons. The lowest BCUT2D eigenvalue weighted by atomic mass is 9.95. The lowest BCUT2D eigenvalue weighted by Gasteiger charge is -2.28. The molecule has 0 saturated carbocycles. The maximum atomic E-state index is 3.89. The van der Waals surface area contributed by atoms with E-state index in [1.54, 1.807) is 0 Å². The van der Waals surface area contributed by atoms with Crippen molar-refractivity contribution in [2.24, 2.45) is 0 Å². The molecule has 2 nitrogen and oxygen atoms in total. The zero-order valence-corrected chi connectivity index (χ0v) is 29.7. The number of hydrogen-bond donors (Lipinski definition) is 0. The van der Waals surface area contributed by atoms with E-state index in [1.165, 1.54) is 66.0 Å². The third-order valence-corrected chi connectivity index (χ3v) is 10.3. The van der Waals surface area contributed by atoms with Gasteiger partial charge in [0.1, 0.15) is 0 Å². The Kier molecular flexibility index (Phi) is 8.26. The number of benzene rings is 8. The fourth-order valence-corrected chi connectivity index (χ4v) is 7.83. The van der Waals surface area contributed by atoms with E-state index in [4.69, 9.17) is 0 Å². The average molecular weight is 679 g/mol. The monoisotopic (exact) mass is 678 g/mol. The summed E-state index contributed by atoms with van der Waals surface area (Å²) in [4.78, 5) is 2.38. The van der Waals surface area contributed by atoms with Crippen LogP contribution in [-0.2, 0) is 0 Å². The summed E-state index contributed by atoms with van der Waals surface area (Å²) < 4.78 is 2.40. The largest absolute Gasteiger partial charge is 0.310 e. The van der Waals surface area contributed by atoms with Crippen LogP contribution in [0.1, 0.15) is 11.1 Å².